The lowest BCUT2D eigenvalue weighted by atomic mass is 9.64. The highest BCUT2D eigenvalue weighted by molar-refractivity contribution is 6.30. The lowest BCUT2D eigenvalue weighted by Crippen LogP contribution is -2.51. The monoisotopic (exact) mass is 558 g/mol. The number of rotatable bonds is 4. The minimum Gasteiger partial charge on any atom is -0.352 e. The average Bonchev–Trinajstić information content (AvgIpc) is 3.45. The second-order valence-corrected chi connectivity index (χ2v) is 11.6. The Morgan fingerprint density at radius 2 is 1.51 bits per heavy atom. The molecule has 0 saturated carbocycles. The Kier molecular flexibility index (Phi) is 5.77. The third kappa shape index (κ3) is 3.58. The van der Waals surface area contributed by atoms with Gasteiger partial charge in [-0.05, 0) is 67.4 Å². The number of anilines is 2. The maximum Gasteiger partial charge on any atom is 0.238 e. The summed E-state index contributed by atoms with van der Waals surface area (Å²) in [7, 11) is 0. The summed E-state index contributed by atoms with van der Waals surface area (Å²) in [6.07, 6.45) is 2.07. The number of ketones is 2. The number of nitrogens with zero attached hydrogens (tertiary/aromatic N) is 1. The summed E-state index contributed by atoms with van der Waals surface area (Å²) in [5.41, 5.74) is 4.90. The topological polar surface area (TPSA) is 66.5 Å². The molecule has 1 fully saturated rings. The number of hydrogen-bond donors (Lipinski definition) is 1. The summed E-state index contributed by atoms with van der Waals surface area (Å²) in [6, 6.07) is 27.9. The number of hydrogen-bond acceptors (Lipinski definition) is 4. The van der Waals surface area contributed by atoms with Crippen molar-refractivity contribution in [2.75, 3.05) is 10.2 Å². The van der Waals surface area contributed by atoms with Gasteiger partial charge in [0.1, 0.15) is 11.5 Å². The first-order valence-corrected chi connectivity index (χ1v) is 14.1. The first-order chi connectivity index (χ1) is 19.8. The lowest BCUT2D eigenvalue weighted by molar-refractivity contribution is -0.121. The summed E-state index contributed by atoms with van der Waals surface area (Å²) in [6.45, 7) is 4.07. The van der Waals surface area contributed by atoms with Crippen LogP contribution < -0.4 is 10.2 Å². The van der Waals surface area contributed by atoms with E-state index in [4.69, 9.17) is 11.6 Å². The maximum absolute atomic E-state index is 14.8. The third-order valence-corrected chi connectivity index (χ3v) is 9.12. The summed E-state index contributed by atoms with van der Waals surface area (Å²) >= 11 is 6.18. The number of nitrogens with one attached hydrogen (secondary N) is 1. The lowest BCUT2D eigenvalue weighted by Gasteiger charge is -2.39. The van der Waals surface area contributed by atoms with E-state index in [9.17, 15) is 14.4 Å². The molecule has 0 aliphatic carbocycles. The average molecular weight is 559 g/mol. The van der Waals surface area contributed by atoms with E-state index in [0.717, 1.165) is 28.0 Å². The van der Waals surface area contributed by atoms with E-state index in [1.165, 1.54) is 0 Å². The van der Waals surface area contributed by atoms with Gasteiger partial charge in [0.05, 0.1) is 12.0 Å². The van der Waals surface area contributed by atoms with E-state index in [-0.39, 0.29) is 17.5 Å². The zero-order valence-corrected chi connectivity index (χ0v) is 23.4. The molecule has 1 saturated heterocycles. The maximum atomic E-state index is 14.8. The van der Waals surface area contributed by atoms with Gasteiger partial charge < -0.3 is 10.2 Å². The van der Waals surface area contributed by atoms with Crippen LogP contribution in [0.15, 0.2) is 103 Å². The molecule has 4 atom stereocenters. The predicted octanol–water partition coefficient (Wildman–Crippen LogP) is 6.89. The molecular weight excluding hydrogens is 532 g/mol. The van der Waals surface area contributed by atoms with E-state index < -0.39 is 23.4 Å². The Morgan fingerprint density at radius 1 is 0.829 bits per heavy atom. The van der Waals surface area contributed by atoms with Gasteiger partial charge in [-0.2, -0.15) is 0 Å². The Labute approximate surface area is 243 Å². The number of allylic oxidation sites excluding steroid dienone is 1. The van der Waals surface area contributed by atoms with Crippen molar-refractivity contribution in [1.29, 1.82) is 0 Å². The van der Waals surface area contributed by atoms with Gasteiger partial charge in [0.25, 0.3) is 0 Å². The fourth-order valence-electron chi connectivity index (χ4n) is 7.11. The molecule has 3 heterocycles. The first-order valence-electron chi connectivity index (χ1n) is 13.7. The van der Waals surface area contributed by atoms with Crippen LogP contribution in [0.3, 0.4) is 0 Å². The van der Waals surface area contributed by atoms with Crippen LogP contribution in [0, 0.1) is 12.8 Å². The van der Waals surface area contributed by atoms with Crippen LogP contribution in [0.4, 0.5) is 11.4 Å². The van der Waals surface area contributed by atoms with Crippen molar-refractivity contribution >= 4 is 46.0 Å². The number of halogens is 1. The van der Waals surface area contributed by atoms with Crippen LogP contribution in [-0.4, -0.2) is 29.6 Å². The molecule has 4 aromatic rings. The van der Waals surface area contributed by atoms with Crippen molar-refractivity contribution in [3.63, 3.8) is 0 Å². The molecule has 0 unspecified atom stereocenters. The van der Waals surface area contributed by atoms with Gasteiger partial charge >= 0.3 is 0 Å². The van der Waals surface area contributed by atoms with Gasteiger partial charge in [0.15, 0.2) is 11.6 Å². The zero-order valence-electron chi connectivity index (χ0n) is 22.6. The predicted molar refractivity (Wildman–Crippen MR) is 162 cm³/mol. The molecule has 3 aliphatic heterocycles. The molecule has 0 aromatic heterocycles. The van der Waals surface area contributed by atoms with Crippen LogP contribution in [-0.2, 0) is 10.2 Å². The van der Waals surface area contributed by atoms with Crippen molar-refractivity contribution in [3.05, 3.63) is 136 Å². The normalized spacial score (nSPS) is 23.9. The molecule has 5 nitrogen and oxygen atoms in total. The van der Waals surface area contributed by atoms with Gasteiger partial charge in [0, 0.05) is 33.1 Å². The van der Waals surface area contributed by atoms with E-state index in [0.29, 0.717) is 21.8 Å². The smallest absolute Gasteiger partial charge is 0.238 e. The number of benzene rings is 4. The Morgan fingerprint density at radius 3 is 2.27 bits per heavy atom. The zero-order chi connectivity index (χ0) is 28.5. The van der Waals surface area contributed by atoms with Crippen LogP contribution in [0.1, 0.15) is 44.3 Å². The van der Waals surface area contributed by atoms with Crippen molar-refractivity contribution in [2.24, 2.45) is 5.92 Å². The number of carbonyl (C=O) groups is 3. The van der Waals surface area contributed by atoms with E-state index in [1.807, 2.05) is 73.3 Å². The molecule has 0 bridgehead atoms. The molecule has 4 aromatic carbocycles. The van der Waals surface area contributed by atoms with Crippen LogP contribution in [0.25, 0.3) is 5.57 Å². The minimum absolute atomic E-state index is 0.198. The second-order valence-electron chi connectivity index (χ2n) is 11.1. The molecule has 7 rings (SSSR count). The Balaban J connectivity index is 1.56. The van der Waals surface area contributed by atoms with Gasteiger partial charge in [-0.15, -0.1) is 0 Å². The van der Waals surface area contributed by atoms with Gasteiger partial charge in [-0.25, -0.2) is 0 Å². The summed E-state index contributed by atoms with van der Waals surface area (Å²) in [5.74, 6) is -1.75. The van der Waals surface area contributed by atoms with Gasteiger partial charge in [-0.1, -0.05) is 77.8 Å². The molecule has 1 amide bonds. The molecule has 202 valence electrons. The van der Waals surface area contributed by atoms with E-state index in [1.54, 1.807) is 36.4 Å². The highest BCUT2D eigenvalue weighted by Gasteiger charge is 2.70. The standard InChI is InChI=1S/C35H27ClN2O3/c1-20-12-17-28-25(18-20)21(2)19-29-35(26-10-6-7-11-27(26)37-34(35)41)30(32(39)23-13-15-24(36)16-14-23)31(38(28)29)33(40)22-8-4-3-5-9-22/h3-19,29-31H,1-2H3,(H,37,41)/t29-,30-,31-,35+/m0/s1. The summed E-state index contributed by atoms with van der Waals surface area (Å²) in [4.78, 5) is 45.9. The van der Waals surface area contributed by atoms with Crippen LogP contribution in [0.2, 0.25) is 5.02 Å². The molecule has 6 heteroatoms. The quantitative estimate of drug-likeness (QED) is 0.277. The van der Waals surface area contributed by atoms with Crippen LogP contribution >= 0.6 is 11.6 Å². The van der Waals surface area contributed by atoms with Crippen molar-refractivity contribution < 1.29 is 14.4 Å². The Bertz CT molecular complexity index is 1780. The SMILES string of the molecule is CC1=C[C@@H]2N(c3ccc(C)cc31)[C@H](C(=O)c1ccccc1)[C@@H](C(=O)c1ccc(Cl)cc1)[C@]21C(=O)Nc2ccccc21. The largest absolute Gasteiger partial charge is 0.352 e. The second kappa shape index (κ2) is 9.28. The summed E-state index contributed by atoms with van der Waals surface area (Å²) < 4.78 is 0. The van der Waals surface area contributed by atoms with E-state index >= 15 is 0 Å². The molecule has 41 heavy (non-hydrogen) atoms. The Hall–Kier alpha value is -4.48. The summed E-state index contributed by atoms with van der Waals surface area (Å²) in [5, 5.41) is 3.58. The number of amides is 1. The fourth-order valence-corrected chi connectivity index (χ4v) is 7.24. The molecule has 1 spiro atoms. The van der Waals surface area contributed by atoms with E-state index in [2.05, 4.69) is 17.5 Å². The number of aryl methyl sites for hydroxylation is 1. The number of fused-ring (bicyclic) bond motifs is 6. The molecular formula is C35H27ClN2O3. The molecule has 1 N–H and O–H groups in total. The molecule has 0 radical (unpaired) electrons. The van der Waals surface area contributed by atoms with Crippen LogP contribution in [0.5, 0.6) is 0 Å². The first kappa shape index (κ1) is 25.5. The van der Waals surface area contributed by atoms with Crippen molar-refractivity contribution in [3.8, 4) is 0 Å². The highest BCUT2D eigenvalue weighted by Crippen LogP contribution is 2.58. The van der Waals surface area contributed by atoms with Gasteiger partial charge in [-0.3, -0.25) is 14.4 Å². The number of para-hydroxylation sites is 1. The number of Topliss-reactive ketones (excluding diaryl/α,β-unsaturated/α-hetero) is 2. The third-order valence-electron chi connectivity index (χ3n) is 8.87. The molecule has 3 aliphatic rings. The highest BCUT2D eigenvalue weighted by atomic mass is 35.5. The number of carbonyl (C=O) groups excluding carboxylic acids is 3. The fraction of sp³-hybridized carbons (Fsp3) is 0.171. The minimum atomic E-state index is -1.34. The van der Waals surface area contributed by atoms with Crippen molar-refractivity contribution in [1.82, 2.24) is 0 Å². The van der Waals surface area contributed by atoms with Gasteiger partial charge in [0.2, 0.25) is 5.91 Å². The van der Waals surface area contributed by atoms with Crippen molar-refractivity contribution in [2.45, 2.75) is 31.3 Å².